The Labute approximate surface area is 273 Å². The number of carbonyl (C=O) groups is 2. The summed E-state index contributed by atoms with van der Waals surface area (Å²) in [5, 5.41) is 0.630. The van der Waals surface area contributed by atoms with E-state index in [9.17, 15) is 9.59 Å². The first-order chi connectivity index (χ1) is 22.6. The van der Waals surface area contributed by atoms with Crippen molar-refractivity contribution in [2.75, 3.05) is 0 Å². The zero-order chi connectivity index (χ0) is 31.5. The molecule has 0 fully saturated rings. The number of Topliss-reactive ketones (excluding diaryl/α,β-unsaturated/α-hetero) is 1. The molecule has 7 rings (SSSR count). The average Bonchev–Trinajstić information content (AvgIpc) is 3.74. The Balaban J connectivity index is 1.43. The standard InChI is InChI=1S/C40H32ClN3O2/c41-34-22-20-29(21-23-34)36(43-27-30-12-10-11-19-35(30)39(43)37(46)28-45)26-38-42-24-25-44(38)40(31-13-4-1-5-14-31,32-15-6-2-7-16-32)33-17-8-3-9-18-33/h1-25,28,36,39H,26-27H2. The van der Waals surface area contributed by atoms with E-state index in [1.807, 2.05) is 79.1 Å². The summed E-state index contributed by atoms with van der Waals surface area (Å²) >= 11 is 6.35. The quantitative estimate of drug-likeness (QED) is 0.0884. The van der Waals surface area contributed by atoms with Crippen molar-refractivity contribution in [1.82, 2.24) is 14.5 Å². The van der Waals surface area contributed by atoms with Crippen molar-refractivity contribution in [1.29, 1.82) is 0 Å². The highest BCUT2D eigenvalue weighted by molar-refractivity contribution is 6.30. The predicted molar refractivity (Wildman–Crippen MR) is 181 cm³/mol. The molecule has 0 saturated heterocycles. The Kier molecular flexibility index (Phi) is 8.18. The maximum Gasteiger partial charge on any atom is 0.216 e. The summed E-state index contributed by atoms with van der Waals surface area (Å²) in [4.78, 5) is 32.5. The van der Waals surface area contributed by atoms with E-state index < -0.39 is 17.4 Å². The van der Waals surface area contributed by atoms with Crippen LogP contribution in [0.3, 0.4) is 0 Å². The molecule has 5 nitrogen and oxygen atoms in total. The lowest BCUT2D eigenvalue weighted by molar-refractivity contribution is -0.134. The Hall–Kier alpha value is -5.10. The maximum absolute atomic E-state index is 13.3. The van der Waals surface area contributed by atoms with Crippen LogP contribution in [0.25, 0.3) is 0 Å². The Morgan fingerprint density at radius 2 is 1.33 bits per heavy atom. The molecule has 46 heavy (non-hydrogen) atoms. The average molecular weight is 622 g/mol. The summed E-state index contributed by atoms with van der Waals surface area (Å²) in [7, 11) is 0. The fourth-order valence-electron chi connectivity index (χ4n) is 7.11. The van der Waals surface area contributed by atoms with E-state index in [2.05, 4.69) is 82.3 Å². The Morgan fingerprint density at radius 1 is 0.783 bits per heavy atom. The molecule has 1 aliphatic rings. The Bertz CT molecular complexity index is 1860. The number of benzene rings is 5. The molecule has 2 atom stereocenters. The third-order valence-electron chi connectivity index (χ3n) is 9.10. The van der Waals surface area contributed by atoms with Gasteiger partial charge in [0.25, 0.3) is 0 Å². The first-order valence-corrected chi connectivity index (χ1v) is 15.8. The van der Waals surface area contributed by atoms with Crippen LogP contribution in [0.4, 0.5) is 0 Å². The number of aromatic nitrogens is 2. The minimum absolute atomic E-state index is 0.292. The second kappa shape index (κ2) is 12.7. The van der Waals surface area contributed by atoms with Gasteiger partial charge in [-0.15, -0.1) is 0 Å². The van der Waals surface area contributed by atoms with Gasteiger partial charge in [0.05, 0.1) is 0 Å². The lowest BCUT2D eigenvalue weighted by atomic mass is 9.76. The van der Waals surface area contributed by atoms with Crippen molar-refractivity contribution in [2.24, 2.45) is 0 Å². The lowest BCUT2D eigenvalue weighted by Crippen LogP contribution is -2.40. The number of halogens is 1. The van der Waals surface area contributed by atoms with Crippen molar-refractivity contribution in [3.05, 3.63) is 196 Å². The van der Waals surface area contributed by atoms with Gasteiger partial charge in [0.1, 0.15) is 17.4 Å². The van der Waals surface area contributed by atoms with Crippen LogP contribution in [-0.2, 0) is 28.1 Å². The van der Waals surface area contributed by atoms with Crippen LogP contribution in [0.1, 0.15) is 51.3 Å². The maximum atomic E-state index is 13.3. The van der Waals surface area contributed by atoms with E-state index in [0.717, 1.165) is 39.2 Å². The fraction of sp³-hybridized carbons (Fsp3) is 0.125. The molecular weight excluding hydrogens is 590 g/mol. The first kappa shape index (κ1) is 29.6. The molecule has 5 aromatic carbocycles. The zero-order valence-electron chi connectivity index (χ0n) is 25.1. The van der Waals surface area contributed by atoms with E-state index in [0.29, 0.717) is 24.3 Å². The van der Waals surface area contributed by atoms with Crippen LogP contribution in [0.2, 0.25) is 5.02 Å². The summed E-state index contributed by atoms with van der Waals surface area (Å²) < 4.78 is 2.27. The number of hydrogen-bond donors (Lipinski definition) is 0. The first-order valence-electron chi connectivity index (χ1n) is 15.4. The summed E-state index contributed by atoms with van der Waals surface area (Å²) in [5.74, 6) is 0.379. The topological polar surface area (TPSA) is 55.2 Å². The van der Waals surface area contributed by atoms with Crippen LogP contribution >= 0.6 is 11.6 Å². The summed E-state index contributed by atoms with van der Waals surface area (Å²) in [6.07, 6.45) is 4.82. The highest BCUT2D eigenvalue weighted by atomic mass is 35.5. The third kappa shape index (κ3) is 5.18. The number of ketones is 1. The monoisotopic (exact) mass is 621 g/mol. The zero-order valence-corrected chi connectivity index (χ0v) is 25.9. The van der Waals surface area contributed by atoms with E-state index in [1.165, 1.54) is 0 Å². The molecule has 0 saturated carbocycles. The van der Waals surface area contributed by atoms with Gasteiger partial charge in [0, 0.05) is 36.4 Å². The molecule has 226 valence electrons. The number of imidazole rings is 1. The molecule has 2 unspecified atom stereocenters. The Morgan fingerprint density at radius 3 is 1.89 bits per heavy atom. The van der Waals surface area contributed by atoms with Crippen molar-refractivity contribution in [3.63, 3.8) is 0 Å². The molecule has 0 radical (unpaired) electrons. The third-order valence-corrected chi connectivity index (χ3v) is 9.36. The lowest BCUT2D eigenvalue weighted by Gasteiger charge is -2.39. The van der Waals surface area contributed by atoms with Gasteiger partial charge in [-0.2, -0.15) is 0 Å². The van der Waals surface area contributed by atoms with Gasteiger partial charge >= 0.3 is 0 Å². The normalized spacial score (nSPS) is 15.3. The number of fused-ring (bicyclic) bond motifs is 1. The van der Waals surface area contributed by atoms with Gasteiger partial charge in [-0.25, -0.2) is 4.98 Å². The second-order valence-corrected chi connectivity index (χ2v) is 12.0. The van der Waals surface area contributed by atoms with Gasteiger partial charge < -0.3 is 4.57 Å². The van der Waals surface area contributed by atoms with E-state index in [1.54, 1.807) is 0 Å². The summed E-state index contributed by atoms with van der Waals surface area (Å²) in [6.45, 7) is 0.523. The number of nitrogens with zero attached hydrogens (tertiary/aromatic N) is 3. The molecule has 1 aromatic heterocycles. The summed E-state index contributed by atoms with van der Waals surface area (Å²) in [6, 6.07) is 46.1. The summed E-state index contributed by atoms with van der Waals surface area (Å²) in [5.41, 5.74) is 5.44. The highest BCUT2D eigenvalue weighted by Gasteiger charge is 2.43. The van der Waals surface area contributed by atoms with Gasteiger partial charge in [-0.3, -0.25) is 14.5 Å². The number of aldehydes is 1. The molecule has 2 heterocycles. The molecular formula is C40H32ClN3O2. The van der Waals surface area contributed by atoms with E-state index >= 15 is 0 Å². The molecule has 0 amide bonds. The van der Waals surface area contributed by atoms with E-state index in [4.69, 9.17) is 16.6 Å². The molecule has 0 bridgehead atoms. The molecule has 6 heteroatoms. The SMILES string of the molecule is O=CC(=O)C1c2ccccc2CN1C(Cc1nccn1C(c1ccccc1)(c1ccccc1)c1ccccc1)c1ccc(Cl)cc1. The van der Waals surface area contributed by atoms with Crippen molar-refractivity contribution >= 4 is 23.7 Å². The van der Waals surface area contributed by atoms with E-state index in [-0.39, 0.29) is 6.04 Å². The van der Waals surface area contributed by atoms with Gasteiger partial charge in [0.2, 0.25) is 5.78 Å². The molecule has 0 N–H and O–H groups in total. The predicted octanol–water partition coefficient (Wildman–Crippen LogP) is 7.99. The minimum Gasteiger partial charge on any atom is -0.316 e. The molecule has 6 aromatic rings. The number of rotatable bonds is 10. The van der Waals surface area contributed by atoms with Crippen molar-refractivity contribution < 1.29 is 9.59 Å². The van der Waals surface area contributed by atoms with Crippen LogP contribution in [0.15, 0.2) is 152 Å². The van der Waals surface area contributed by atoms with Gasteiger partial charge in [0.15, 0.2) is 6.29 Å². The minimum atomic E-state index is -0.744. The van der Waals surface area contributed by atoms with Crippen LogP contribution < -0.4 is 0 Å². The van der Waals surface area contributed by atoms with Crippen LogP contribution in [0.5, 0.6) is 0 Å². The highest BCUT2D eigenvalue weighted by Crippen LogP contribution is 2.45. The van der Waals surface area contributed by atoms with Gasteiger partial charge in [-0.1, -0.05) is 139 Å². The van der Waals surface area contributed by atoms with Crippen molar-refractivity contribution in [2.45, 2.75) is 30.6 Å². The van der Waals surface area contributed by atoms with Gasteiger partial charge in [-0.05, 0) is 45.5 Å². The smallest absolute Gasteiger partial charge is 0.216 e. The largest absolute Gasteiger partial charge is 0.316 e. The molecule has 0 spiro atoms. The van der Waals surface area contributed by atoms with Crippen molar-refractivity contribution in [3.8, 4) is 0 Å². The number of carbonyl (C=O) groups excluding carboxylic acids is 2. The number of hydrogen-bond acceptors (Lipinski definition) is 4. The fourth-order valence-corrected chi connectivity index (χ4v) is 7.24. The molecule has 0 aliphatic carbocycles. The van der Waals surface area contributed by atoms with Crippen LogP contribution in [0, 0.1) is 0 Å². The van der Waals surface area contributed by atoms with Crippen LogP contribution in [-0.4, -0.2) is 26.5 Å². The molecule has 1 aliphatic heterocycles. The second-order valence-electron chi connectivity index (χ2n) is 11.6.